The molecule has 1 saturated heterocycles. The molecule has 0 aliphatic carbocycles. The minimum atomic E-state index is -0.0894. The molecular weight excluding hydrogens is 358 g/mol. The molecule has 7 heteroatoms. The lowest BCUT2D eigenvalue weighted by Crippen LogP contribution is -2.48. The van der Waals surface area contributed by atoms with Crippen LogP contribution in [0.3, 0.4) is 0 Å². The highest BCUT2D eigenvalue weighted by Gasteiger charge is 2.32. The van der Waals surface area contributed by atoms with Gasteiger partial charge in [-0.1, -0.05) is 24.3 Å². The van der Waals surface area contributed by atoms with Crippen molar-refractivity contribution in [3.05, 3.63) is 51.5 Å². The van der Waals surface area contributed by atoms with E-state index in [9.17, 15) is 4.79 Å². The summed E-state index contributed by atoms with van der Waals surface area (Å²) in [7, 11) is 0. The van der Waals surface area contributed by atoms with Gasteiger partial charge >= 0.3 is 0 Å². The zero-order valence-electron chi connectivity index (χ0n) is 14.5. The summed E-state index contributed by atoms with van der Waals surface area (Å²) in [5, 5.41) is 2.75. The van der Waals surface area contributed by atoms with Crippen molar-refractivity contribution in [2.24, 2.45) is 5.73 Å². The number of hydrogen-bond donors (Lipinski definition) is 1. The van der Waals surface area contributed by atoms with E-state index in [2.05, 4.69) is 24.0 Å². The van der Waals surface area contributed by atoms with Crippen LogP contribution in [0.25, 0.3) is 0 Å². The number of hydrogen-bond acceptors (Lipinski definition) is 5. The SMILES string of the molecule is Cc1ccccc1C1CN(C(=O)c2csc(CCN)n2)C(C)CO1.Cl. The van der Waals surface area contributed by atoms with Gasteiger partial charge < -0.3 is 15.4 Å². The van der Waals surface area contributed by atoms with Gasteiger partial charge in [0.15, 0.2) is 0 Å². The first kappa shape index (κ1) is 19.8. The Morgan fingerprint density at radius 3 is 2.92 bits per heavy atom. The maximum Gasteiger partial charge on any atom is 0.273 e. The first-order valence-corrected chi connectivity index (χ1v) is 9.10. The van der Waals surface area contributed by atoms with Crippen LogP contribution in [0.4, 0.5) is 0 Å². The Morgan fingerprint density at radius 2 is 2.20 bits per heavy atom. The molecular formula is C18H24ClN3O2S. The lowest BCUT2D eigenvalue weighted by atomic mass is 10.0. The molecule has 2 atom stereocenters. The number of nitrogens with two attached hydrogens (primary N) is 1. The molecule has 3 rings (SSSR count). The minimum Gasteiger partial charge on any atom is -0.370 e. The van der Waals surface area contributed by atoms with Crippen LogP contribution in [-0.4, -0.2) is 41.5 Å². The van der Waals surface area contributed by atoms with Crippen molar-refractivity contribution in [1.82, 2.24) is 9.88 Å². The van der Waals surface area contributed by atoms with Gasteiger partial charge in [-0.25, -0.2) is 4.98 Å². The molecule has 0 spiro atoms. The number of carbonyl (C=O) groups is 1. The Labute approximate surface area is 158 Å². The van der Waals surface area contributed by atoms with E-state index in [1.165, 1.54) is 16.9 Å². The van der Waals surface area contributed by atoms with Gasteiger partial charge in [0.2, 0.25) is 0 Å². The van der Waals surface area contributed by atoms with Gasteiger partial charge in [0.05, 0.1) is 24.2 Å². The number of ether oxygens (including phenoxy) is 1. The molecule has 1 amide bonds. The van der Waals surface area contributed by atoms with Crippen molar-refractivity contribution in [3.63, 3.8) is 0 Å². The highest BCUT2D eigenvalue weighted by Crippen LogP contribution is 2.28. The second kappa shape index (κ2) is 8.76. The molecule has 1 aliphatic rings. The van der Waals surface area contributed by atoms with Gasteiger partial charge in [-0.2, -0.15) is 0 Å². The Kier molecular flexibility index (Phi) is 6.95. The first-order valence-electron chi connectivity index (χ1n) is 8.22. The zero-order chi connectivity index (χ0) is 17.1. The van der Waals surface area contributed by atoms with Crippen molar-refractivity contribution in [3.8, 4) is 0 Å². The third kappa shape index (κ3) is 4.39. The van der Waals surface area contributed by atoms with Crippen LogP contribution in [0, 0.1) is 6.92 Å². The molecule has 0 radical (unpaired) electrons. The molecule has 2 N–H and O–H groups in total. The molecule has 2 aromatic rings. The van der Waals surface area contributed by atoms with E-state index in [1.807, 2.05) is 29.3 Å². The third-order valence-corrected chi connectivity index (χ3v) is 5.27. The van der Waals surface area contributed by atoms with Crippen LogP contribution >= 0.6 is 23.7 Å². The number of halogens is 1. The Balaban J connectivity index is 0.00000225. The molecule has 25 heavy (non-hydrogen) atoms. The van der Waals surface area contributed by atoms with Gasteiger partial charge in [0, 0.05) is 11.8 Å². The lowest BCUT2D eigenvalue weighted by molar-refractivity contribution is -0.0490. The molecule has 0 bridgehead atoms. The molecule has 1 aromatic heterocycles. The summed E-state index contributed by atoms with van der Waals surface area (Å²) in [6, 6.07) is 8.21. The highest BCUT2D eigenvalue weighted by molar-refractivity contribution is 7.09. The largest absolute Gasteiger partial charge is 0.370 e. The van der Waals surface area contributed by atoms with Gasteiger partial charge in [0.25, 0.3) is 5.91 Å². The molecule has 5 nitrogen and oxygen atoms in total. The number of benzene rings is 1. The highest BCUT2D eigenvalue weighted by atomic mass is 35.5. The summed E-state index contributed by atoms with van der Waals surface area (Å²) in [4.78, 5) is 19.2. The normalized spacial score (nSPS) is 20.2. The maximum atomic E-state index is 12.9. The van der Waals surface area contributed by atoms with Crippen LogP contribution < -0.4 is 5.73 Å². The number of aromatic nitrogens is 1. The first-order chi connectivity index (χ1) is 11.6. The zero-order valence-corrected chi connectivity index (χ0v) is 16.1. The molecule has 0 saturated carbocycles. The van der Waals surface area contributed by atoms with Gasteiger partial charge in [0.1, 0.15) is 11.8 Å². The Bertz CT molecular complexity index is 722. The van der Waals surface area contributed by atoms with E-state index in [4.69, 9.17) is 10.5 Å². The van der Waals surface area contributed by atoms with E-state index in [0.29, 0.717) is 31.8 Å². The Hall–Kier alpha value is -1.47. The fraction of sp³-hybridized carbons (Fsp3) is 0.444. The summed E-state index contributed by atoms with van der Waals surface area (Å²) in [5.74, 6) is -0.0242. The predicted molar refractivity (Wildman–Crippen MR) is 102 cm³/mol. The standard InChI is InChI=1S/C18H23N3O2S.ClH/c1-12-5-3-4-6-14(12)16-9-21(13(2)10-23-16)18(22)15-11-24-17(20-15)7-8-19;/h3-6,11,13,16H,7-10,19H2,1-2H3;1H. The van der Waals surface area contributed by atoms with E-state index < -0.39 is 0 Å². The topological polar surface area (TPSA) is 68.5 Å². The quantitative estimate of drug-likeness (QED) is 0.883. The summed E-state index contributed by atoms with van der Waals surface area (Å²) >= 11 is 1.50. The average Bonchev–Trinajstić information content (AvgIpc) is 3.04. The number of nitrogens with zero attached hydrogens (tertiary/aromatic N) is 2. The molecule has 2 heterocycles. The number of thiazole rings is 1. The molecule has 136 valence electrons. The van der Waals surface area contributed by atoms with Crippen LogP contribution in [0.2, 0.25) is 0 Å². The molecule has 1 aromatic carbocycles. The van der Waals surface area contributed by atoms with Crippen molar-refractivity contribution in [2.45, 2.75) is 32.4 Å². The van der Waals surface area contributed by atoms with Gasteiger partial charge in [-0.15, -0.1) is 23.7 Å². The van der Waals surface area contributed by atoms with E-state index >= 15 is 0 Å². The van der Waals surface area contributed by atoms with Crippen molar-refractivity contribution >= 4 is 29.7 Å². The number of carbonyl (C=O) groups excluding carboxylic acids is 1. The number of aryl methyl sites for hydroxylation is 1. The van der Waals surface area contributed by atoms with Crippen molar-refractivity contribution in [2.75, 3.05) is 19.7 Å². The summed E-state index contributed by atoms with van der Waals surface area (Å²) in [5.41, 5.74) is 8.40. The van der Waals surface area contributed by atoms with Crippen molar-refractivity contribution in [1.29, 1.82) is 0 Å². The monoisotopic (exact) mass is 381 g/mol. The Morgan fingerprint density at radius 1 is 1.44 bits per heavy atom. The number of amides is 1. The van der Waals surface area contributed by atoms with E-state index in [0.717, 1.165) is 10.6 Å². The maximum absolute atomic E-state index is 12.9. The van der Waals surface area contributed by atoms with Crippen LogP contribution in [-0.2, 0) is 11.2 Å². The van der Waals surface area contributed by atoms with E-state index in [1.54, 1.807) is 0 Å². The fourth-order valence-electron chi connectivity index (χ4n) is 2.97. The molecule has 2 unspecified atom stereocenters. The van der Waals surface area contributed by atoms with Gasteiger partial charge in [-0.05, 0) is 31.5 Å². The second-order valence-electron chi connectivity index (χ2n) is 6.15. The van der Waals surface area contributed by atoms with Crippen LogP contribution in [0.1, 0.15) is 39.7 Å². The fourth-order valence-corrected chi connectivity index (χ4v) is 3.76. The number of rotatable bonds is 4. The van der Waals surface area contributed by atoms with E-state index in [-0.39, 0.29) is 30.5 Å². The van der Waals surface area contributed by atoms with Crippen LogP contribution in [0.5, 0.6) is 0 Å². The van der Waals surface area contributed by atoms with Crippen molar-refractivity contribution < 1.29 is 9.53 Å². The average molecular weight is 382 g/mol. The molecule has 1 aliphatic heterocycles. The third-order valence-electron chi connectivity index (χ3n) is 4.36. The smallest absolute Gasteiger partial charge is 0.273 e. The summed E-state index contributed by atoms with van der Waals surface area (Å²) in [6.07, 6.45) is 0.621. The lowest BCUT2D eigenvalue weighted by Gasteiger charge is -2.38. The summed E-state index contributed by atoms with van der Waals surface area (Å²) < 4.78 is 5.99. The van der Waals surface area contributed by atoms with Crippen LogP contribution in [0.15, 0.2) is 29.6 Å². The van der Waals surface area contributed by atoms with Gasteiger partial charge in [-0.3, -0.25) is 4.79 Å². The molecule has 1 fully saturated rings. The summed E-state index contributed by atoms with van der Waals surface area (Å²) in [6.45, 7) is 5.71. The predicted octanol–water partition coefficient (Wildman–Crippen LogP) is 2.98. The number of morpholine rings is 1. The second-order valence-corrected chi connectivity index (χ2v) is 7.09. The minimum absolute atomic E-state index is 0.